The number of furan rings is 1. The summed E-state index contributed by atoms with van der Waals surface area (Å²) in [5.41, 5.74) is -0.834. The summed E-state index contributed by atoms with van der Waals surface area (Å²) in [6.45, 7) is 0.322. The van der Waals surface area contributed by atoms with Crippen molar-refractivity contribution >= 4 is 0 Å². The molecule has 0 amide bonds. The summed E-state index contributed by atoms with van der Waals surface area (Å²) in [6, 6.07) is 4.80. The van der Waals surface area contributed by atoms with Gasteiger partial charge in [0.2, 0.25) is 0 Å². The van der Waals surface area contributed by atoms with Gasteiger partial charge in [0.25, 0.3) is 5.56 Å². The molecule has 0 unspecified atom stereocenters. The van der Waals surface area contributed by atoms with Crippen LogP contribution in [0.4, 0.5) is 0 Å². The first kappa shape index (κ1) is 8.55. The molecule has 5 heteroatoms. The molecule has 0 aliphatic carbocycles. The maximum absolute atomic E-state index is 11.2. The van der Waals surface area contributed by atoms with Gasteiger partial charge in [-0.15, -0.1) is 0 Å². The maximum atomic E-state index is 11.2. The van der Waals surface area contributed by atoms with Crippen molar-refractivity contribution in [1.82, 2.24) is 9.55 Å². The molecule has 0 aliphatic heterocycles. The lowest BCUT2D eigenvalue weighted by Crippen LogP contribution is -2.28. The first-order chi connectivity index (χ1) is 6.75. The Labute approximate surface area is 78.6 Å². The fourth-order valence-corrected chi connectivity index (χ4v) is 1.14. The second-order valence-electron chi connectivity index (χ2n) is 2.82. The summed E-state index contributed by atoms with van der Waals surface area (Å²) in [5.74, 6) is 0.666. The number of H-pyrrole nitrogens is 1. The predicted octanol–water partition coefficient (Wildman–Crippen LogP) is 0.178. The Bertz CT molecular complexity index is 521. The summed E-state index contributed by atoms with van der Waals surface area (Å²) in [7, 11) is 0. The van der Waals surface area contributed by atoms with Crippen LogP contribution in [-0.4, -0.2) is 9.55 Å². The lowest BCUT2D eigenvalue weighted by atomic mass is 10.4. The van der Waals surface area contributed by atoms with E-state index in [2.05, 4.69) is 4.98 Å². The van der Waals surface area contributed by atoms with E-state index in [-0.39, 0.29) is 0 Å². The standard InChI is InChI=1S/C9H8N2O3/c12-8-3-4-11(9(13)10-8)6-7-2-1-5-14-7/h1-5H,6H2,(H,10,12,13). The predicted molar refractivity (Wildman–Crippen MR) is 49.1 cm³/mol. The van der Waals surface area contributed by atoms with Gasteiger partial charge < -0.3 is 4.42 Å². The number of hydrogen-bond acceptors (Lipinski definition) is 3. The topological polar surface area (TPSA) is 68.0 Å². The van der Waals surface area contributed by atoms with Crippen LogP contribution in [0.25, 0.3) is 0 Å². The van der Waals surface area contributed by atoms with Crippen molar-refractivity contribution in [2.24, 2.45) is 0 Å². The van der Waals surface area contributed by atoms with Crippen molar-refractivity contribution in [2.45, 2.75) is 6.54 Å². The molecule has 2 heterocycles. The number of aromatic nitrogens is 2. The number of nitrogens with zero attached hydrogens (tertiary/aromatic N) is 1. The highest BCUT2D eigenvalue weighted by Crippen LogP contribution is 2.00. The second kappa shape index (κ2) is 3.37. The Morgan fingerprint density at radius 3 is 2.86 bits per heavy atom. The third-order valence-electron chi connectivity index (χ3n) is 1.80. The first-order valence-electron chi connectivity index (χ1n) is 4.08. The van der Waals surface area contributed by atoms with Crippen molar-refractivity contribution < 1.29 is 4.42 Å². The Morgan fingerprint density at radius 2 is 2.21 bits per heavy atom. The van der Waals surface area contributed by atoms with Crippen LogP contribution in [0.1, 0.15) is 5.76 Å². The number of aromatic amines is 1. The molecule has 14 heavy (non-hydrogen) atoms. The molecule has 0 fully saturated rings. The molecule has 2 rings (SSSR count). The van der Waals surface area contributed by atoms with Crippen LogP contribution < -0.4 is 11.2 Å². The monoisotopic (exact) mass is 192 g/mol. The average Bonchev–Trinajstić information content (AvgIpc) is 2.62. The zero-order chi connectivity index (χ0) is 9.97. The molecular weight excluding hydrogens is 184 g/mol. The van der Waals surface area contributed by atoms with E-state index in [4.69, 9.17) is 4.42 Å². The highest BCUT2D eigenvalue weighted by atomic mass is 16.3. The molecule has 2 aromatic heterocycles. The normalized spacial score (nSPS) is 10.3. The minimum atomic E-state index is -0.436. The van der Waals surface area contributed by atoms with Gasteiger partial charge in [0.15, 0.2) is 0 Å². The average molecular weight is 192 g/mol. The maximum Gasteiger partial charge on any atom is 0.328 e. The van der Waals surface area contributed by atoms with Crippen molar-refractivity contribution in [1.29, 1.82) is 0 Å². The molecule has 0 aliphatic rings. The fraction of sp³-hybridized carbons (Fsp3) is 0.111. The Hall–Kier alpha value is -2.04. The van der Waals surface area contributed by atoms with Crippen LogP contribution in [0.5, 0.6) is 0 Å². The van der Waals surface area contributed by atoms with Crippen LogP contribution >= 0.6 is 0 Å². The van der Waals surface area contributed by atoms with Gasteiger partial charge in [-0.3, -0.25) is 14.3 Å². The summed E-state index contributed by atoms with van der Waals surface area (Å²) < 4.78 is 6.43. The molecule has 2 aromatic rings. The number of rotatable bonds is 2. The molecule has 0 radical (unpaired) electrons. The van der Waals surface area contributed by atoms with Gasteiger partial charge in [0, 0.05) is 12.3 Å². The molecule has 72 valence electrons. The highest BCUT2D eigenvalue weighted by Gasteiger charge is 1.99. The SMILES string of the molecule is O=c1ccn(Cc2ccco2)c(=O)[nH]1. The van der Waals surface area contributed by atoms with E-state index >= 15 is 0 Å². The molecular formula is C9H8N2O3. The van der Waals surface area contributed by atoms with E-state index < -0.39 is 11.2 Å². The second-order valence-corrected chi connectivity index (χ2v) is 2.82. The third-order valence-corrected chi connectivity index (χ3v) is 1.80. The van der Waals surface area contributed by atoms with E-state index in [1.54, 1.807) is 12.1 Å². The van der Waals surface area contributed by atoms with E-state index in [0.717, 1.165) is 0 Å². The lowest BCUT2D eigenvalue weighted by Gasteiger charge is -2.00. The summed E-state index contributed by atoms with van der Waals surface area (Å²) in [5, 5.41) is 0. The largest absolute Gasteiger partial charge is 0.467 e. The van der Waals surface area contributed by atoms with Gasteiger partial charge in [-0.2, -0.15) is 0 Å². The molecule has 0 spiro atoms. The van der Waals surface area contributed by atoms with Crippen molar-refractivity contribution in [3.8, 4) is 0 Å². The molecule has 0 atom stereocenters. The van der Waals surface area contributed by atoms with Gasteiger partial charge in [-0.1, -0.05) is 0 Å². The quantitative estimate of drug-likeness (QED) is 0.737. The van der Waals surface area contributed by atoms with Crippen LogP contribution in [0.3, 0.4) is 0 Å². The van der Waals surface area contributed by atoms with E-state index in [9.17, 15) is 9.59 Å². The minimum Gasteiger partial charge on any atom is -0.467 e. The third kappa shape index (κ3) is 1.66. The van der Waals surface area contributed by atoms with Crippen LogP contribution in [0.2, 0.25) is 0 Å². The fourth-order valence-electron chi connectivity index (χ4n) is 1.14. The smallest absolute Gasteiger partial charge is 0.328 e. The highest BCUT2D eigenvalue weighted by molar-refractivity contribution is 4.99. The van der Waals surface area contributed by atoms with Gasteiger partial charge in [0.05, 0.1) is 12.8 Å². The van der Waals surface area contributed by atoms with Crippen LogP contribution in [0.15, 0.2) is 44.7 Å². The molecule has 1 N–H and O–H groups in total. The molecule has 0 saturated heterocycles. The van der Waals surface area contributed by atoms with Crippen molar-refractivity contribution in [3.05, 3.63) is 57.3 Å². The van der Waals surface area contributed by atoms with Gasteiger partial charge in [0.1, 0.15) is 5.76 Å². The van der Waals surface area contributed by atoms with Crippen LogP contribution in [-0.2, 0) is 6.54 Å². The van der Waals surface area contributed by atoms with Crippen LogP contribution in [0, 0.1) is 0 Å². The summed E-state index contributed by atoms with van der Waals surface area (Å²) in [4.78, 5) is 24.1. The van der Waals surface area contributed by atoms with E-state index in [1.165, 1.54) is 23.1 Å². The van der Waals surface area contributed by atoms with Gasteiger partial charge >= 0.3 is 5.69 Å². The van der Waals surface area contributed by atoms with E-state index in [0.29, 0.717) is 12.3 Å². The van der Waals surface area contributed by atoms with Gasteiger partial charge in [-0.25, -0.2) is 4.79 Å². The molecule has 0 aromatic carbocycles. The minimum absolute atomic E-state index is 0.322. The van der Waals surface area contributed by atoms with Crippen molar-refractivity contribution in [2.75, 3.05) is 0 Å². The Kier molecular flexibility index (Phi) is 2.06. The molecule has 0 saturated carbocycles. The molecule has 5 nitrogen and oxygen atoms in total. The lowest BCUT2D eigenvalue weighted by molar-refractivity contribution is 0.487. The summed E-state index contributed by atoms with van der Waals surface area (Å²) in [6.07, 6.45) is 2.97. The Balaban J connectivity index is 2.35. The van der Waals surface area contributed by atoms with E-state index in [1.807, 2.05) is 0 Å². The van der Waals surface area contributed by atoms with Gasteiger partial charge in [-0.05, 0) is 12.1 Å². The van der Waals surface area contributed by atoms with Crippen molar-refractivity contribution in [3.63, 3.8) is 0 Å². The summed E-state index contributed by atoms with van der Waals surface area (Å²) >= 11 is 0. The number of nitrogens with one attached hydrogen (secondary N) is 1. The zero-order valence-corrected chi connectivity index (χ0v) is 7.27. The first-order valence-corrected chi connectivity index (χ1v) is 4.08. The number of hydrogen-bond donors (Lipinski definition) is 1. The molecule has 0 bridgehead atoms. The zero-order valence-electron chi connectivity index (χ0n) is 7.27. The Morgan fingerprint density at radius 1 is 1.36 bits per heavy atom.